The molecule has 9 heteroatoms. The summed E-state index contributed by atoms with van der Waals surface area (Å²) in [6, 6.07) is 13.3. The monoisotopic (exact) mass is 667 g/mol. The van der Waals surface area contributed by atoms with Crippen molar-refractivity contribution >= 4 is 61.9 Å². The van der Waals surface area contributed by atoms with Gasteiger partial charge in [0.25, 0.3) is 5.91 Å². The van der Waals surface area contributed by atoms with Crippen LogP contribution in [0.5, 0.6) is 0 Å². The summed E-state index contributed by atoms with van der Waals surface area (Å²) in [5.74, 6) is -1.32. The van der Waals surface area contributed by atoms with Gasteiger partial charge in [0.2, 0.25) is 11.8 Å². The van der Waals surface area contributed by atoms with Gasteiger partial charge in [0.1, 0.15) is 6.04 Å². The normalized spacial score (nSPS) is 27.4. The molecule has 5 rings (SSSR count). The van der Waals surface area contributed by atoms with Crippen molar-refractivity contribution in [1.82, 2.24) is 9.80 Å². The van der Waals surface area contributed by atoms with Crippen molar-refractivity contribution in [2.75, 3.05) is 37.7 Å². The Bertz CT molecular complexity index is 1390. The van der Waals surface area contributed by atoms with Crippen LogP contribution in [-0.2, 0) is 14.4 Å². The number of carbonyl (C=O) groups excluding carboxylic acids is 3. The largest absolute Gasteiger partial charge is 0.396 e. The van der Waals surface area contributed by atoms with Crippen LogP contribution >= 0.6 is 27.7 Å². The van der Waals surface area contributed by atoms with E-state index in [2.05, 4.69) is 29.1 Å². The fraction of sp³-hybridized carbons (Fsp3) is 0.500. The molecular weight excluding hydrogens is 626 g/mol. The highest BCUT2D eigenvalue weighted by atomic mass is 79.9. The molecule has 3 amide bonds. The second-order valence-electron chi connectivity index (χ2n) is 11.8. The highest BCUT2D eigenvalue weighted by molar-refractivity contribution is 9.09. The minimum absolute atomic E-state index is 0.0147. The number of anilines is 1. The molecule has 3 heterocycles. The minimum Gasteiger partial charge on any atom is -0.396 e. The van der Waals surface area contributed by atoms with Crippen molar-refractivity contribution < 1.29 is 19.5 Å². The first-order valence-electron chi connectivity index (χ1n) is 15.4. The Balaban J connectivity index is 1.56. The number of rotatable bonds is 14. The fourth-order valence-electron chi connectivity index (χ4n) is 7.37. The van der Waals surface area contributed by atoms with Crippen molar-refractivity contribution in [1.29, 1.82) is 0 Å². The van der Waals surface area contributed by atoms with Crippen molar-refractivity contribution in [2.45, 2.75) is 59.9 Å². The number of aliphatic hydroxyl groups is 1. The standard InChI is InChI=1S/C34H42BrN3O4S/c1-4-16-36(17-5-2)31(40)27-28-32(41)38(19-10-7-11-20-39)30(34(28)22-26(35)29(27)43-34)33(42)37(18-6-3)25-15-14-23-12-8-9-13-24(23)21-25/h4,6,8-9,12-15,21,26-30,39H,1,3,5,7,10-11,16-20,22H2,2H3/t26?,27-,28-,29-,30?,34?/m0/s1. The van der Waals surface area contributed by atoms with Crippen molar-refractivity contribution in [3.63, 3.8) is 0 Å². The minimum atomic E-state index is -0.716. The van der Waals surface area contributed by atoms with Gasteiger partial charge < -0.3 is 19.8 Å². The molecule has 3 saturated heterocycles. The van der Waals surface area contributed by atoms with E-state index in [0.29, 0.717) is 45.4 Å². The zero-order valence-electron chi connectivity index (χ0n) is 24.9. The number of carbonyl (C=O) groups is 3. The van der Waals surface area contributed by atoms with E-state index in [1.165, 1.54) is 0 Å². The van der Waals surface area contributed by atoms with Crippen LogP contribution in [0.3, 0.4) is 0 Å². The Labute approximate surface area is 267 Å². The Morgan fingerprint density at radius 3 is 2.53 bits per heavy atom. The van der Waals surface area contributed by atoms with Crippen LogP contribution < -0.4 is 4.90 Å². The summed E-state index contributed by atoms with van der Waals surface area (Å²) in [4.78, 5) is 48.8. The number of fused-ring (bicyclic) bond motifs is 2. The van der Waals surface area contributed by atoms with E-state index in [0.717, 1.165) is 29.3 Å². The molecule has 0 aliphatic carbocycles. The average molecular weight is 669 g/mol. The lowest BCUT2D eigenvalue weighted by Crippen LogP contribution is -2.56. The summed E-state index contributed by atoms with van der Waals surface area (Å²) in [6.07, 6.45) is 6.99. The van der Waals surface area contributed by atoms with Crippen LogP contribution in [0.15, 0.2) is 67.8 Å². The molecule has 230 valence electrons. The molecule has 6 atom stereocenters. The molecule has 2 bridgehead atoms. The van der Waals surface area contributed by atoms with E-state index < -0.39 is 22.6 Å². The number of amides is 3. The van der Waals surface area contributed by atoms with Crippen molar-refractivity contribution in [3.05, 3.63) is 67.8 Å². The zero-order valence-corrected chi connectivity index (χ0v) is 27.3. The number of aliphatic hydroxyl groups excluding tert-OH is 1. The smallest absolute Gasteiger partial charge is 0.251 e. The summed E-state index contributed by atoms with van der Waals surface area (Å²) < 4.78 is -0.716. The third kappa shape index (κ3) is 5.69. The number of alkyl halides is 1. The molecule has 1 N–H and O–H groups in total. The molecule has 2 aromatic carbocycles. The van der Waals surface area contributed by atoms with Crippen LogP contribution in [0, 0.1) is 11.8 Å². The first-order valence-corrected chi connectivity index (χ1v) is 17.2. The van der Waals surface area contributed by atoms with Crippen LogP contribution in [0.4, 0.5) is 5.69 Å². The Kier molecular flexibility index (Phi) is 10.0. The summed E-state index contributed by atoms with van der Waals surface area (Å²) in [5.41, 5.74) is 0.761. The number of unbranched alkanes of at least 4 members (excludes halogenated alkanes) is 2. The van der Waals surface area contributed by atoms with Gasteiger partial charge in [-0.05, 0) is 55.0 Å². The molecule has 3 aliphatic rings. The van der Waals surface area contributed by atoms with Gasteiger partial charge in [0, 0.05) is 48.6 Å². The maximum Gasteiger partial charge on any atom is 0.251 e. The maximum atomic E-state index is 14.9. The van der Waals surface area contributed by atoms with Crippen LogP contribution in [0.25, 0.3) is 10.8 Å². The lowest BCUT2D eigenvalue weighted by molar-refractivity contribution is -0.143. The highest BCUT2D eigenvalue weighted by Gasteiger charge is 2.76. The van der Waals surface area contributed by atoms with E-state index >= 15 is 0 Å². The summed E-state index contributed by atoms with van der Waals surface area (Å²) in [6.45, 7) is 11.7. The predicted octanol–water partition coefficient (Wildman–Crippen LogP) is 5.41. The first kappa shape index (κ1) is 31.8. The van der Waals surface area contributed by atoms with Gasteiger partial charge in [-0.25, -0.2) is 0 Å². The molecule has 0 radical (unpaired) electrons. The van der Waals surface area contributed by atoms with E-state index in [1.807, 2.05) is 54.3 Å². The van der Waals surface area contributed by atoms with Gasteiger partial charge in [0.15, 0.2) is 0 Å². The van der Waals surface area contributed by atoms with Crippen molar-refractivity contribution in [2.24, 2.45) is 11.8 Å². The van der Waals surface area contributed by atoms with Gasteiger partial charge >= 0.3 is 0 Å². The van der Waals surface area contributed by atoms with Gasteiger partial charge in [0.05, 0.1) is 16.6 Å². The van der Waals surface area contributed by atoms with E-state index in [1.54, 1.807) is 33.7 Å². The molecule has 0 aromatic heterocycles. The van der Waals surface area contributed by atoms with E-state index in [4.69, 9.17) is 0 Å². The molecule has 7 nitrogen and oxygen atoms in total. The third-order valence-corrected chi connectivity index (χ3v) is 12.4. The van der Waals surface area contributed by atoms with E-state index in [9.17, 15) is 19.5 Å². The molecular formula is C34H42BrN3O4S. The molecule has 2 aromatic rings. The summed E-state index contributed by atoms with van der Waals surface area (Å²) >= 11 is 5.55. The number of hydrogen-bond acceptors (Lipinski definition) is 5. The van der Waals surface area contributed by atoms with Gasteiger partial charge in [-0.15, -0.1) is 24.9 Å². The fourth-order valence-corrected chi connectivity index (χ4v) is 11.0. The quantitative estimate of drug-likeness (QED) is 0.166. The van der Waals surface area contributed by atoms with Gasteiger partial charge in [-0.1, -0.05) is 65.3 Å². The second kappa shape index (κ2) is 13.6. The third-order valence-electron chi connectivity index (χ3n) is 9.14. The molecule has 3 fully saturated rings. The van der Waals surface area contributed by atoms with Gasteiger partial charge in [-0.2, -0.15) is 0 Å². The first-order chi connectivity index (χ1) is 20.8. The average Bonchev–Trinajstić information content (AvgIpc) is 3.60. The zero-order chi connectivity index (χ0) is 30.7. The van der Waals surface area contributed by atoms with Crippen LogP contribution in [0.1, 0.15) is 39.0 Å². The molecule has 3 unspecified atom stereocenters. The Hall–Kier alpha value is -2.62. The lowest BCUT2D eigenvalue weighted by Gasteiger charge is -2.38. The summed E-state index contributed by atoms with van der Waals surface area (Å²) in [5, 5.41) is 11.4. The van der Waals surface area contributed by atoms with Crippen LogP contribution in [-0.4, -0.2) is 86.3 Å². The molecule has 3 aliphatic heterocycles. The number of nitrogens with zero attached hydrogens (tertiary/aromatic N) is 3. The van der Waals surface area contributed by atoms with Crippen molar-refractivity contribution in [3.8, 4) is 0 Å². The molecule has 0 saturated carbocycles. The predicted molar refractivity (Wildman–Crippen MR) is 178 cm³/mol. The van der Waals surface area contributed by atoms with E-state index in [-0.39, 0.29) is 34.4 Å². The number of hydrogen-bond donors (Lipinski definition) is 1. The molecule has 43 heavy (non-hydrogen) atoms. The maximum absolute atomic E-state index is 14.9. The molecule has 1 spiro atoms. The highest BCUT2D eigenvalue weighted by Crippen LogP contribution is 2.68. The SMILES string of the molecule is C=CCN(CCC)C(=O)[C@H]1[C@H]2C(=O)N(CCCCCO)C(C(=O)N(CC=C)c3ccc4ccccc4c3)C23CC(Br)[C@@H]1S3. The number of thioether (sulfide) groups is 1. The summed E-state index contributed by atoms with van der Waals surface area (Å²) in [7, 11) is 0. The number of benzene rings is 2. The van der Waals surface area contributed by atoms with Gasteiger partial charge in [-0.3, -0.25) is 14.4 Å². The number of likely N-dealkylation sites (tertiary alicyclic amines) is 1. The Morgan fingerprint density at radius 2 is 1.84 bits per heavy atom. The number of halogens is 1. The lowest BCUT2D eigenvalue weighted by atomic mass is 9.70. The van der Waals surface area contributed by atoms with Crippen LogP contribution in [0.2, 0.25) is 0 Å². The second-order valence-corrected chi connectivity index (χ2v) is 14.5. The Morgan fingerprint density at radius 1 is 1.09 bits per heavy atom. The topological polar surface area (TPSA) is 81.2 Å².